The molecule has 1 aliphatic rings. The van der Waals surface area contributed by atoms with Gasteiger partial charge >= 0.3 is 0 Å². The highest BCUT2D eigenvalue weighted by Crippen LogP contribution is 2.37. The Balaban J connectivity index is 2.59. The van der Waals surface area contributed by atoms with Crippen molar-refractivity contribution < 1.29 is 14.3 Å². The molecular weight excluding hydrogens is 270 g/mol. The Bertz CT molecular complexity index is 582. The Morgan fingerprint density at radius 3 is 2.62 bits per heavy atom. The van der Waals surface area contributed by atoms with E-state index in [-0.39, 0.29) is 24.4 Å². The molecule has 6 nitrogen and oxygen atoms in total. The topological polar surface area (TPSA) is 84.7 Å². The van der Waals surface area contributed by atoms with Crippen LogP contribution >= 0.6 is 0 Å². The van der Waals surface area contributed by atoms with Gasteiger partial charge in [0.1, 0.15) is 11.3 Å². The van der Waals surface area contributed by atoms with E-state index in [1.807, 2.05) is 25.1 Å². The van der Waals surface area contributed by atoms with Gasteiger partial charge in [-0.25, -0.2) is 0 Å². The van der Waals surface area contributed by atoms with Gasteiger partial charge in [-0.3, -0.25) is 14.9 Å². The van der Waals surface area contributed by atoms with Gasteiger partial charge in [-0.2, -0.15) is 0 Å². The molecule has 2 amide bonds. The molecule has 0 aromatic heterocycles. The van der Waals surface area contributed by atoms with Crippen LogP contribution in [-0.4, -0.2) is 31.0 Å². The molecule has 0 spiro atoms. The normalized spacial score (nSPS) is 19.2. The van der Waals surface area contributed by atoms with Gasteiger partial charge in [-0.15, -0.1) is 0 Å². The van der Waals surface area contributed by atoms with Gasteiger partial charge in [0, 0.05) is 17.3 Å². The number of methoxy groups -OCH3 is 1. The number of imide groups is 1. The van der Waals surface area contributed by atoms with E-state index >= 15 is 0 Å². The lowest BCUT2D eigenvalue weighted by atomic mass is 9.94. The first kappa shape index (κ1) is 15.3. The summed E-state index contributed by atoms with van der Waals surface area (Å²) in [6, 6.07) is 5.22. The zero-order valence-electron chi connectivity index (χ0n) is 12.8. The third-order valence-electron chi connectivity index (χ3n) is 3.79. The summed E-state index contributed by atoms with van der Waals surface area (Å²) < 4.78 is 5.37. The monoisotopic (exact) mass is 291 g/mol. The summed E-state index contributed by atoms with van der Waals surface area (Å²) in [4.78, 5) is 25.6. The van der Waals surface area contributed by atoms with Crippen LogP contribution < -0.4 is 20.7 Å². The Labute approximate surface area is 124 Å². The van der Waals surface area contributed by atoms with Crippen molar-refractivity contribution in [3.05, 3.63) is 23.8 Å². The summed E-state index contributed by atoms with van der Waals surface area (Å²) in [5, 5.41) is 2.36. The molecule has 0 bridgehead atoms. The zero-order valence-corrected chi connectivity index (χ0v) is 12.8. The lowest BCUT2D eigenvalue weighted by Crippen LogP contribution is -2.64. The molecule has 1 saturated heterocycles. The van der Waals surface area contributed by atoms with Crippen LogP contribution in [0.1, 0.15) is 32.4 Å². The van der Waals surface area contributed by atoms with Gasteiger partial charge in [0.25, 0.3) is 5.91 Å². The van der Waals surface area contributed by atoms with E-state index in [0.717, 1.165) is 11.3 Å². The molecule has 1 aliphatic heterocycles. The fourth-order valence-electron chi connectivity index (χ4n) is 2.57. The molecule has 3 N–H and O–H groups in total. The van der Waals surface area contributed by atoms with Gasteiger partial charge in [0.15, 0.2) is 0 Å². The first-order chi connectivity index (χ1) is 9.78. The molecular formula is C15H21N3O3. The van der Waals surface area contributed by atoms with Crippen LogP contribution in [0, 0.1) is 0 Å². The lowest BCUT2D eigenvalue weighted by molar-refractivity contribution is -0.135. The highest BCUT2D eigenvalue weighted by molar-refractivity contribution is 6.06. The van der Waals surface area contributed by atoms with Crippen molar-refractivity contribution in [1.29, 1.82) is 0 Å². The number of carbonyl (C=O) groups is 2. The number of nitrogens with one attached hydrogen (secondary N) is 1. The van der Waals surface area contributed by atoms with Crippen molar-refractivity contribution in [1.82, 2.24) is 5.32 Å². The van der Waals surface area contributed by atoms with Crippen LogP contribution in [-0.2, 0) is 9.59 Å². The minimum atomic E-state index is -0.843. The highest BCUT2D eigenvalue weighted by Gasteiger charge is 2.42. The maximum atomic E-state index is 12.1. The quantitative estimate of drug-likeness (QED) is 0.810. The van der Waals surface area contributed by atoms with E-state index in [2.05, 4.69) is 5.32 Å². The molecule has 0 aliphatic carbocycles. The first-order valence-electron chi connectivity index (χ1n) is 6.83. The van der Waals surface area contributed by atoms with Crippen molar-refractivity contribution in [2.75, 3.05) is 18.6 Å². The number of nitrogens with zero attached hydrogens (tertiary/aromatic N) is 1. The molecule has 2 rings (SSSR count). The fourth-order valence-corrected chi connectivity index (χ4v) is 2.57. The number of anilines is 1. The molecule has 0 saturated carbocycles. The average Bonchev–Trinajstić information content (AvgIpc) is 2.42. The number of hydrogen-bond acceptors (Lipinski definition) is 5. The summed E-state index contributed by atoms with van der Waals surface area (Å²) >= 11 is 0. The van der Waals surface area contributed by atoms with Crippen LogP contribution in [0.4, 0.5) is 5.69 Å². The molecule has 0 radical (unpaired) electrons. The van der Waals surface area contributed by atoms with Crippen molar-refractivity contribution in [2.24, 2.45) is 5.73 Å². The van der Waals surface area contributed by atoms with Crippen molar-refractivity contribution >= 4 is 17.5 Å². The smallest absolute Gasteiger partial charge is 0.251 e. The maximum absolute atomic E-state index is 12.1. The molecule has 1 heterocycles. The molecule has 1 fully saturated rings. The summed E-state index contributed by atoms with van der Waals surface area (Å²) in [5.41, 5.74) is 6.76. The number of rotatable bonds is 3. The summed E-state index contributed by atoms with van der Waals surface area (Å²) in [7, 11) is 1.57. The Kier molecular flexibility index (Phi) is 3.91. The van der Waals surface area contributed by atoms with Gasteiger partial charge in [0.05, 0.1) is 13.7 Å². The van der Waals surface area contributed by atoms with E-state index in [1.54, 1.807) is 25.9 Å². The summed E-state index contributed by atoms with van der Waals surface area (Å²) in [6.07, 6.45) is 0. The Morgan fingerprint density at radius 1 is 1.38 bits per heavy atom. The van der Waals surface area contributed by atoms with E-state index in [4.69, 9.17) is 10.5 Å². The number of piperazine rings is 1. The molecule has 1 unspecified atom stereocenters. The van der Waals surface area contributed by atoms with Gasteiger partial charge in [0.2, 0.25) is 5.91 Å². The Morgan fingerprint density at radius 2 is 2.05 bits per heavy atom. The van der Waals surface area contributed by atoms with Crippen molar-refractivity contribution in [2.45, 2.75) is 32.4 Å². The van der Waals surface area contributed by atoms with Crippen LogP contribution in [0.5, 0.6) is 5.75 Å². The molecule has 1 aromatic rings. The van der Waals surface area contributed by atoms with Crippen LogP contribution in [0.2, 0.25) is 0 Å². The second kappa shape index (κ2) is 5.37. The lowest BCUT2D eigenvalue weighted by Gasteiger charge is -2.43. The number of nitrogens with two attached hydrogens (primary N) is 1. The third-order valence-corrected chi connectivity index (χ3v) is 3.79. The first-order valence-corrected chi connectivity index (χ1v) is 6.83. The molecule has 1 atom stereocenters. The predicted octanol–water partition coefficient (Wildman–Crippen LogP) is 0.956. The Hall–Kier alpha value is -2.08. The van der Waals surface area contributed by atoms with Gasteiger partial charge in [-0.1, -0.05) is 6.07 Å². The van der Waals surface area contributed by atoms with E-state index in [0.29, 0.717) is 5.75 Å². The molecule has 6 heteroatoms. The number of amides is 2. The van der Waals surface area contributed by atoms with Crippen molar-refractivity contribution in [3.8, 4) is 5.75 Å². The van der Waals surface area contributed by atoms with E-state index in [9.17, 15) is 9.59 Å². The summed E-state index contributed by atoms with van der Waals surface area (Å²) in [6.45, 7) is 5.50. The number of ether oxygens (including phenoxy) is 1. The summed E-state index contributed by atoms with van der Waals surface area (Å²) in [5.74, 6) is 0.00620. The van der Waals surface area contributed by atoms with Gasteiger partial charge < -0.3 is 15.4 Å². The standard InChI is InChI=1S/C15H21N3O3/c1-9(16)13-10(6-5-7-11(13)21-4)18-8-12(19)17-14(20)15(18,2)3/h5-7,9H,8,16H2,1-4H3,(H,17,19,20). The second-order valence-corrected chi connectivity index (χ2v) is 5.70. The number of benzene rings is 1. The third kappa shape index (κ3) is 2.58. The molecule has 21 heavy (non-hydrogen) atoms. The second-order valence-electron chi connectivity index (χ2n) is 5.70. The average molecular weight is 291 g/mol. The van der Waals surface area contributed by atoms with Crippen LogP contribution in [0.3, 0.4) is 0 Å². The highest BCUT2D eigenvalue weighted by atomic mass is 16.5. The molecule has 114 valence electrons. The van der Waals surface area contributed by atoms with E-state index in [1.165, 1.54) is 0 Å². The maximum Gasteiger partial charge on any atom is 0.251 e. The van der Waals surface area contributed by atoms with E-state index < -0.39 is 5.54 Å². The zero-order chi connectivity index (χ0) is 15.8. The number of carbonyl (C=O) groups excluding carboxylic acids is 2. The fraction of sp³-hybridized carbons (Fsp3) is 0.467. The minimum absolute atomic E-state index is 0.103. The SMILES string of the molecule is COc1cccc(N2CC(=O)NC(=O)C2(C)C)c1C(C)N. The van der Waals surface area contributed by atoms with Crippen LogP contribution in [0.25, 0.3) is 0 Å². The largest absolute Gasteiger partial charge is 0.496 e. The van der Waals surface area contributed by atoms with Gasteiger partial charge in [-0.05, 0) is 32.9 Å². The van der Waals surface area contributed by atoms with Crippen LogP contribution in [0.15, 0.2) is 18.2 Å². The number of hydrogen-bond donors (Lipinski definition) is 2. The minimum Gasteiger partial charge on any atom is -0.496 e. The van der Waals surface area contributed by atoms with Crippen molar-refractivity contribution in [3.63, 3.8) is 0 Å². The predicted molar refractivity (Wildman–Crippen MR) is 80.2 cm³/mol. The molecule has 1 aromatic carbocycles.